The lowest BCUT2D eigenvalue weighted by atomic mass is 10.1. The van der Waals surface area contributed by atoms with E-state index in [1.54, 1.807) is 0 Å². The number of carbonyl (C=O) groups excluding carboxylic acids is 1. The molecule has 9 nitrogen and oxygen atoms in total. The van der Waals surface area contributed by atoms with Crippen molar-refractivity contribution in [2.24, 2.45) is 0 Å². The molecule has 1 saturated carbocycles. The lowest BCUT2D eigenvalue weighted by Gasteiger charge is -2.26. The molecule has 170 valence electrons. The van der Waals surface area contributed by atoms with Crippen molar-refractivity contribution in [3.8, 4) is 0 Å². The predicted octanol–water partition coefficient (Wildman–Crippen LogP) is 1.76. The zero-order valence-electron chi connectivity index (χ0n) is 18.6. The fraction of sp³-hybridized carbons (Fsp3) is 0.667. The molecule has 1 saturated heterocycles. The fourth-order valence-corrected chi connectivity index (χ4v) is 5.21. The number of amides is 1. The van der Waals surface area contributed by atoms with Gasteiger partial charge in [0.2, 0.25) is 10.0 Å². The number of ether oxygens (including phenoxy) is 1. The van der Waals surface area contributed by atoms with Crippen molar-refractivity contribution < 1.29 is 17.9 Å². The van der Waals surface area contributed by atoms with E-state index >= 15 is 0 Å². The highest BCUT2D eigenvalue weighted by Crippen LogP contribution is 2.41. The van der Waals surface area contributed by atoms with Gasteiger partial charge in [-0.2, -0.15) is 9.40 Å². The van der Waals surface area contributed by atoms with E-state index < -0.39 is 10.0 Å². The van der Waals surface area contributed by atoms with Crippen LogP contribution in [0.5, 0.6) is 0 Å². The Labute approximate surface area is 183 Å². The van der Waals surface area contributed by atoms with Gasteiger partial charge in [0.05, 0.1) is 41.1 Å². The number of rotatable bonds is 6. The van der Waals surface area contributed by atoms with Crippen LogP contribution in [0.4, 0.5) is 0 Å². The van der Waals surface area contributed by atoms with E-state index in [2.05, 4.69) is 31.2 Å². The Balaban J connectivity index is 1.58. The molecule has 10 heteroatoms. The number of pyridine rings is 1. The summed E-state index contributed by atoms with van der Waals surface area (Å²) in [6, 6.07) is 1.85. The van der Waals surface area contributed by atoms with Gasteiger partial charge in [-0.3, -0.25) is 4.79 Å². The minimum Gasteiger partial charge on any atom is -0.379 e. The number of carbonyl (C=O) groups is 1. The Morgan fingerprint density at radius 1 is 1.26 bits per heavy atom. The first-order valence-electron chi connectivity index (χ1n) is 10.8. The van der Waals surface area contributed by atoms with Crippen LogP contribution >= 0.6 is 0 Å². The molecule has 2 aromatic rings. The standard InChI is InChI=1S/C21H31N5O4S/c1-14-18-16(20(27)22-7-12-31(28,29)25-8-10-30-11-9-25)13-17(15-5-6-15)23-19(18)26(24-14)21(2,3)4/h13,15H,5-12H2,1-4H3,(H,22,27). The van der Waals surface area contributed by atoms with Crippen LogP contribution in [0, 0.1) is 6.92 Å². The second-order valence-corrected chi connectivity index (χ2v) is 11.4. The van der Waals surface area contributed by atoms with Gasteiger partial charge in [-0.05, 0) is 46.6 Å². The predicted molar refractivity (Wildman–Crippen MR) is 118 cm³/mol. The van der Waals surface area contributed by atoms with E-state index in [1.807, 2.05) is 17.7 Å². The number of morpholine rings is 1. The van der Waals surface area contributed by atoms with Gasteiger partial charge in [0.15, 0.2) is 5.65 Å². The highest BCUT2D eigenvalue weighted by Gasteiger charge is 2.30. The zero-order chi connectivity index (χ0) is 22.4. The van der Waals surface area contributed by atoms with Gasteiger partial charge < -0.3 is 10.1 Å². The van der Waals surface area contributed by atoms with Gasteiger partial charge >= 0.3 is 0 Å². The molecule has 1 N–H and O–H groups in total. The summed E-state index contributed by atoms with van der Waals surface area (Å²) in [4.78, 5) is 18.0. The lowest BCUT2D eigenvalue weighted by molar-refractivity contribution is 0.0730. The van der Waals surface area contributed by atoms with E-state index in [4.69, 9.17) is 9.72 Å². The first kappa shape index (κ1) is 22.2. The topological polar surface area (TPSA) is 106 Å². The van der Waals surface area contributed by atoms with Crippen molar-refractivity contribution in [1.82, 2.24) is 24.4 Å². The van der Waals surface area contributed by atoms with Crippen LogP contribution < -0.4 is 5.32 Å². The molecule has 31 heavy (non-hydrogen) atoms. The normalized spacial score (nSPS) is 18.5. The zero-order valence-corrected chi connectivity index (χ0v) is 19.5. The smallest absolute Gasteiger partial charge is 0.252 e. The molecule has 2 aromatic heterocycles. The molecule has 0 spiro atoms. The van der Waals surface area contributed by atoms with Crippen LogP contribution in [0.15, 0.2) is 6.07 Å². The molecule has 0 bridgehead atoms. The summed E-state index contributed by atoms with van der Waals surface area (Å²) >= 11 is 0. The Morgan fingerprint density at radius 2 is 1.94 bits per heavy atom. The van der Waals surface area contributed by atoms with Crippen molar-refractivity contribution in [2.45, 2.75) is 52.0 Å². The average molecular weight is 450 g/mol. The second kappa shape index (κ2) is 8.14. The lowest BCUT2D eigenvalue weighted by Crippen LogP contribution is -2.43. The van der Waals surface area contributed by atoms with Crippen molar-refractivity contribution in [3.63, 3.8) is 0 Å². The number of aromatic nitrogens is 3. The molecular formula is C21H31N5O4S. The molecule has 3 heterocycles. The number of hydrogen-bond donors (Lipinski definition) is 1. The van der Waals surface area contributed by atoms with Crippen LogP contribution in [-0.4, -0.2) is 72.0 Å². The van der Waals surface area contributed by atoms with Gasteiger partial charge in [0.1, 0.15) is 0 Å². The van der Waals surface area contributed by atoms with Crippen LogP contribution in [0.3, 0.4) is 0 Å². The van der Waals surface area contributed by atoms with Gasteiger partial charge in [0, 0.05) is 31.2 Å². The number of sulfonamides is 1. The monoisotopic (exact) mass is 449 g/mol. The molecule has 2 fully saturated rings. The molecule has 1 aliphatic carbocycles. The summed E-state index contributed by atoms with van der Waals surface area (Å²) in [5.41, 5.74) is 2.60. The van der Waals surface area contributed by atoms with Gasteiger partial charge in [0.25, 0.3) is 5.91 Å². The second-order valence-electron chi connectivity index (χ2n) is 9.32. The molecule has 1 amide bonds. The Morgan fingerprint density at radius 3 is 2.55 bits per heavy atom. The Bertz CT molecular complexity index is 1090. The maximum absolute atomic E-state index is 13.1. The van der Waals surface area contributed by atoms with Crippen molar-refractivity contribution in [3.05, 3.63) is 23.0 Å². The maximum atomic E-state index is 13.1. The highest BCUT2D eigenvalue weighted by molar-refractivity contribution is 7.89. The first-order valence-corrected chi connectivity index (χ1v) is 12.4. The third kappa shape index (κ3) is 4.61. The Kier molecular flexibility index (Phi) is 5.82. The van der Waals surface area contributed by atoms with Crippen LogP contribution in [-0.2, 0) is 20.3 Å². The molecule has 2 aliphatic rings. The molecule has 0 atom stereocenters. The number of nitrogens with zero attached hydrogens (tertiary/aromatic N) is 4. The summed E-state index contributed by atoms with van der Waals surface area (Å²) in [5.74, 6) is -0.0489. The Hall–Kier alpha value is -2.04. The summed E-state index contributed by atoms with van der Waals surface area (Å²) in [6.45, 7) is 9.62. The van der Waals surface area contributed by atoms with E-state index in [0.717, 1.165) is 29.6 Å². The van der Waals surface area contributed by atoms with Crippen molar-refractivity contribution in [2.75, 3.05) is 38.6 Å². The van der Waals surface area contributed by atoms with Crippen molar-refractivity contribution in [1.29, 1.82) is 0 Å². The summed E-state index contributed by atoms with van der Waals surface area (Å²) in [5, 5.41) is 8.20. The minimum atomic E-state index is -3.43. The third-order valence-electron chi connectivity index (χ3n) is 5.72. The number of fused-ring (bicyclic) bond motifs is 1. The maximum Gasteiger partial charge on any atom is 0.252 e. The van der Waals surface area contributed by atoms with Gasteiger partial charge in [-0.1, -0.05) is 0 Å². The van der Waals surface area contributed by atoms with Crippen molar-refractivity contribution >= 4 is 27.0 Å². The van der Waals surface area contributed by atoms with Crippen LogP contribution in [0.2, 0.25) is 0 Å². The van der Waals surface area contributed by atoms with Gasteiger partial charge in [-0.25, -0.2) is 18.1 Å². The van der Waals surface area contributed by atoms with E-state index in [9.17, 15) is 13.2 Å². The van der Waals surface area contributed by atoms with E-state index in [-0.39, 0.29) is 23.7 Å². The van der Waals surface area contributed by atoms with Crippen LogP contribution in [0.25, 0.3) is 11.0 Å². The minimum absolute atomic E-state index is 0.0492. The molecule has 4 rings (SSSR count). The van der Waals surface area contributed by atoms with E-state index in [0.29, 0.717) is 43.4 Å². The fourth-order valence-electron chi connectivity index (χ4n) is 3.89. The molecule has 0 unspecified atom stereocenters. The van der Waals surface area contributed by atoms with Crippen LogP contribution in [0.1, 0.15) is 61.3 Å². The first-order chi connectivity index (χ1) is 14.6. The van der Waals surface area contributed by atoms with E-state index in [1.165, 1.54) is 4.31 Å². The molecule has 0 aromatic carbocycles. The molecule has 0 radical (unpaired) electrons. The largest absolute Gasteiger partial charge is 0.379 e. The summed E-state index contributed by atoms with van der Waals surface area (Å²) < 4.78 is 33.6. The van der Waals surface area contributed by atoms with Gasteiger partial charge in [-0.15, -0.1) is 0 Å². The SMILES string of the molecule is Cc1nn(C(C)(C)C)c2nc(C3CC3)cc(C(=O)NCCS(=O)(=O)N3CCOCC3)c12. The number of nitrogens with one attached hydrogen (secondary N) is 1. The summed E-state index contributed by atoms with van der Waals surface area (Å²) in [6.07, 6.45) is 2.14. The summed E-state index contributed by atoms with van der Waals surface area (Å²) in [7, 11) is -3.43. The molecule has 1 aliphatic heterocycles. The number of hydrogen-bond acceptors (Lipinski definition) is 6. The third-order valence-corrected chi connectivity index (χ3v) is 7.59. The highest BCUT2D eigenvalue weighted by atomic mass is 32.2. The number of aryl methyl sites for hydroxylation is 1. The molecular weight excluding hydrogens is 418 g/mol. The average Bonchev–Trinajstić information content (AvgIpc) is 3.51. The quantitative estimate of drug-likeness (QED) is 0.720.